The third-order valence-corrected chi connectivity index (χ3v) is 5.59. The van der Waals surface area contributed by atoms with Gasteiger partial charge in [-0.05, 0) is 30.7 Å². The molecule has 7 nitrogen and oxygen atoms in total. The summed E-state index contributed by atoms with van der Waals surface area (Å²) >= 11 is 0. The van der Waals surface area contributed by atoms with Gasteiger partial charge in [0.1, 0.15) is 0 Å². The van der Waals surface area contributed by atoms with E-state index in [0.717, 1.165) is 4.31 Å². The van der Waals surface area contributed by atoms with Crippen molar-refractivity contribution in [3.05, 3.63) is 24.3 Å². The molecule has 19 heavy (non-hydrogen) atoms. The van der Waals surface area contributed by atoms with Crippen molar-refractivity contribution in [2.75, 3.05) is 16.6 Å². The van der Waals surface area contributed by atoms with Crippen LogP contribution < -0.4 is 9.44 Å². The summed E-state index contributed by atoms with van der Waals surface area (Å²) in [6, 6.07) is 5.19. The van der Waals surface area contributed by atoms with Gasteiger partial charge in [-0.15, -0.1) is 0 Å². The minimum atomic E-state index is -3.81. The lowest BCUT2D eigenvalue weighted by atomic mass is 10.2. The van der Waals surface area contributed by atoms with Crippen LogP contribution in [0.4, 0.5) is 5.69 Å². The fourth-order valence-electron chi connectivity index (χ4n) is 1.86. The highest BCUT2D eigenvalue weighted by Gasteiger charge is 2.30. The van der Waals surface area contributed by atoms with Gasteiger partial charge in [-0.2, -0.15) is 0 Å². The molecule has 0 saturated carbocycles. The smallest absolute Gasteiger partial charge is 0.238 e. The second-order valence-electron chi connectivity index (χ2n) is 4.33. The van der Waals surface area contributed by atoms with Crippen molar-refractivity contribution in [3.63, 3.8) is 0 Å². The molecular weight excluding hydrogens is 292 g/mol. The van der Waals surface area contributed by atoms with E-state index in [2.05, 4.69) is 0 Å². The first-order valence-corrected chi connectivity index (χ1v) is 8.67. The molecule has 2 rings (SSSR count). The number of primary sulfonamides is 1. The Balaban J connectivity index is 2.36. The van der Waals surface area contributed by atoms with Crippen LogP contribution in [-0.2, 0) is 20.0 Å². The number of hydrogen-bond acceptors (Lipinski definition) is 5. The zero-order chi connectivity index (χ0) is 14.3. The molecule has 0 radical (unpaired) electrons. The van der Waals surface area contributed by atoms with Gasteiger partial charge in [0.2, 0.25) is 20.0 Å². The van der Waals surface area contributed by atoms with Crippen LogP contribution >= 0.6 is 0 Å². The average Bonchev–Trinajstić information content (AvgIpc) is 2.31. The van der Waals surface area contributed by atoms with Crippen LogP contribution in [0.25, 0.3) is 0 Å². The molecule has 1 fully saturated rings. The number of rotatable bonds is 2. The maximum Gasteiger partial charge on any atom is 0.238 e. The van der Waals surface area contributed by atoms with Gasteiger partial charge in [-0.25, -0.2) is 22.0 Å². The monoisotopic (exact) mass is 306 g/mol. The first kappa shape index (κ1) is 14.3. The third-order valence-electron chi connectivity index (χ3n) is 2.87. The summed E-state index contributed by atoms with van der Waals surface area (Å²) in [4.78, 5) is -0.0915. The fourth-order valence-corrected chi connectivity index (χ4v) is 4.01. The Labute approximate surface area is 111 Å². The van der Waals surface area contributed by atoms with Crippen LogP contribution in [0.15, 0.2) is 29.2 Å². The number of β-amino-alcohol motifs (C(OH)–C–C–N with tert-alkyl or cyclic N) is 1. The van der Waals surface area contributed by atoms with Gasteiger partial charge in [0.25, 0.3) is 0 Å². The lowest BCUT2D eigenvalue weighted by molar-refractivity contribution is 0.176. The molecule has 1 unspecified atom stereocenters. The van der Waals surface area contributed by atoms with Crippen LogP contribution in [0, 0.1) is 0 Å². The van der Waals surface area contributed by atoms with Gasteiger partial charge in [0, 0.05) is 0 Å². The zero-order valence-corrected chi connectivity index (χ0v) is 11.6. The zero-order valence-electron chi connectivity index (χ0n) is 9.93. The third kappa shape index (κ3) is 3.06. The molecule has 0 amide bonds. The summed E-state index contributed by atoms with van der Waals surface area (Å²) in [5.74, 6) is -0.134. The predicted molar refractivity (Wildman–Crippen MR) is 69.6 cm³/mol. The van der Waals surface area contributed by atoms with Crippen molar-refractivity contribution in [1.82, 2.24) is 0 Å². The van der Waals surface area contributed by atoms with Crippen LogP contribution in [0.3, 0.4) is 0 Å². The van der Waals surface area contributed by atoms with Crippen molar-refractivity contribution in [3.8, 4) is 0 Å². The Hall–Kier alpha value is -1.16. The van der Waals surface area contributed by atoms with Gasteiger partial charge in [-0.3, -0.25) is 4.31 Å². The Morgan fingerprint density at radius 1 is 1.26 bits per heavy atom. The molecule has 106 valence electrons. The van der Waals surface area contributed by atoms with Gasteiger partial charge in [0.05, 0.1) is 29.0 Å². The number of nitrogens with two attached hydrogens (primary N) is 1. The highest BCUT2D eigenvalue weighted by atomic mass is 32.2. The highest BCUT2D eigenvalue weighted by Crippen LogP contribution is 2.24. The second kappa shape index (κ2) is 4.75. The van der Waals surface area contributed by atoms with Crippen LogP contribution in [0.2, 0.25) is 0 Å². The number of hydrogen-bond donors (Lipinski definition) is 2. The summed E-state index contributed by atoms with van der Waals surface area (Å²) in [6.45, 7) is -0.0307. The summed E-state index contributed by atoms with van der Waals surface area (Å²) in [5, 5.41) is 14.5. The maximum absolute atomic E-state index is 11.9. The lowest BCUT2D eigenvalue weighted by Gasteiger charge is -2.31. The van der Waals surface area contributed by atoms with Crippen LogP contribution in [-0.4, -0.2) is 40.3 Å². The molecule has 3 N–H and O–H groups in total. The molecule has 1 aliphatic rings. The maximum atomic E-state index is 11.9. The second-order valence-corrected chi connectivity index (χ2v) is 7.90. The predicted octanol–water partition coefficient (Wildman–Crippen LogP) is -0.765. The van der Waals surface area contributed by atoms with E-state index in [1.807, 2.05) is 0 Å². The van der Waals surface area contributed by atoms with Crippen molar-refractivity contribution < 1.29 is 21.9 Å². The standard InChI is InChI=1S/C10H14N2O5S2/c11-19(16,17)10-3-1-8(2-4-10)12-7-9(13)5-6-18(12,14)15/h1-4,9,13H,5-7H2,(H2,11,16,17). The minimum absolute atomic E-state index is 0.0307. The summed E-state index contributed by atoms with van der Waals surface area (Å²) in [7, 11) is -7.27. The van der Waals surface area contributed by atoms with Gasteiger partial charge in [-0.1, -0.05) is 0 Å². The minimum Gasteiger partial charge on any atom is -0.391 e. The number of nitrogens with zero attached hydrogens (tertiary/aromatic N) is 1. The highest BCUT2D eigenvalue weighted by molar-refractivity contribution is 7.92. The van der Waals surface area contributed by atoms with E-state index in [1.165, 1.54) is 24.3 Å². The molecule has 0 aliphatic carbocycles. The van der Waals surface area contributed by atoms with E-state index in [-0.39, 0.29) is 23.6 Å². The van der Waals surface area contributed by atoms with E-state index >= 15 is 0 Å². The molecule has 9 heteroatoms. The molecule has 1 aromatic rings. The molecular formula is C10H14N2O5S2. The molecule has 1 saturated heterocycles. The van der Waals surface area contributed by atoms with E-state index < -0.39 is 26.2 Å². The van der Waals surface area contributed by atoms with E-state index in [9.17, 15) is 21.9 Å². The number of anilines is 1. The largest absolute Gasteiger partial charge is 0.391 e. The SMILES string of the molecule is NS(=O)(=O)c1ccc(N2CC(O)CCS2(=O)=O)cc1. The Morgan fingerprint density at radius 3 is 2.37 bits per heavy atom. The summed E-state index contributed by atoms with van der Waals surface area (Å²) in [5.41, 5.74) is 0.311. The molecule has 0 bridgehead atoms. The first-order chi connectivity index (χ1) is 8.70. The van der Waals surface area contributed by atoms with Crippen molar-refractivity contribution in [1.29, 1.82) is 0 Å². The lowest BCUT2D eigenvalue weighted by Crippen LogP contribution is -2.44. The topological polar surface area (TPSA) is 118 Å². The van der Waals surface area contributed by atoms with Crippen molar-refractivity contribution in [2.45, 2.75) is 17.4 Å². The molecule has 1 heterocycles. The van der Waals surface area contributed by atoms with Gasteiger partial charge < -0.3 is 5.11 Å². The molecule has 1 aliphatic heterocycles. The average molecular weight is 306 g/mol. The van der Waals surface area contributed by atoms with Crippen molar-refractivity contribution >= 4 is 25.7 Å². The number of aliphatic hydroxyl groups is 1. The number of benzene rings is 1. The Kier molecular flexibility index (Phi) is 3.56. The quantitative estimate of drug-likeness (QED) is 0.744. The Morgan fingerprint density at radius 2 is 1.84 bits per heavy atom. The number of aliphatic hydroxyl groups excluding tert-OH is 1. The summed E-state index contributed by atoms with van der Waals surface area (Å²) in [6.07, 6.45) is -0.518. The molecule has 0 spiro atoms. The fraction of sp³-hybridized carbons (Fsp3) is 0.400. The van der Waals surface area contributed by atoms with Crippen LogP contribution in [0.5, 0.6) is 0 Å². The van der Waals surface area contributed by atoms with Gasteiger partial charge >= 0.3 is 0 Å². The van der Waals surface area contributed by atoms with Crippen molar-refractivity contribution in [2.24, 2.45) is 5.14 Å². The van der Waals surface area contributed by atoms with Gasteiger partial charge in [0.15, 0.2) is 0 Å². The molecule has 0 aromatic heterocycles. The summed E-state index contributed by atoms with van der Waals surface area (Å²) < 4.78 is 47.1. The van der Waals surface area contributed by atoms with Crippen LogP contribution in [0.1, 0.15) is 6.42 Å². The Bertz CT molecular complexity index is 666. The van der Waals surface area contributed by atoms with E-state index in [1.54, 1.807) is 0 Å². The molecule has 1 atom stereocenters. The van der Waals surface area contributed by atoms with E-state index in [0.29, 0.717) is 5.69 Å². The normalized spacial score (nSPS) is 23.3. The van der Waals surface area contributed by atoms with E-state index in [4.69, 9.17) is 5.14 Å². The number of sulfonamides is 2. The first-order valence-electron chi connectivity index (χ1n) is 5.51. The molecule has 1 aromatic carbocycles.